The van der Waals surface area contributed by atoms with Crippen molar-refractivity contribution in [3.05, 3.63) is 16.1 Å². The lowest BCUT2D eigenvalue weighted by atomic mass is 10.5. The number of nitrogens with zero attached hydrogens (tertiary/aromatic N) is 3. The minimum atomic E-state index is 0.0456. The van der Waals surface area contributed by atoms with E-state index >= 15 is 0 Å². The Labute approximate surface area is 140 Å². The van der Waals surface area contributed by atoms with E-state index in [2.05, 4.69) is 25.9 Å². The van der Waals surface area contributed by atoms with Crippen LogP contribution in [0.2, 0.25) is 0 Å². The van der Waals surface area contributed by atoms with Gasteiger partial charge in [-0.15, -0.1) is 21.5 Å². The Bertz CT molecular complexity index is 583. The van der Waals surface area contributed by atoms with Crippen molar-refractivity contribution < 1.29 is 4.79 Å². The highest BCUT2D eigenvalue weighted by Gasteiger charge is 2.09. The van der Waals surface area contributed by atoms with E-state index in [1.54, 1.807) is 23.1 Å². The molecule has 0 aliphatic rings. The molecule has 5 nitrogen and oxygen atoms in total. The lowest BCUT2D eigenvalue weighted by molar-refractivity contribution is -0.118. The molecule has 0 unspecified atom stereocenters. The number of aromatic nitrogens is 3. The molecule has 0 aromatic carbocycles. The van der Waals surface area contributed by atoms with Gasteiger partial charge in [0.15, 0.2) is 8.68 Å². The van der Waals surface area contributed by atoms with Crippen LogP contribution in [0.1, 0.15) is 24.0 Å². The molecule has 2 aromatic heterocycles. The van der Waals surface area contributed by atoms with E-state index in [0.29, 0.717) is 5.75 Å². The SMILES string of the molecule is CCCNC(=O)CSc1nnc(SCc2csc(C)n2)s1. The van der Waals surface area contributed by atoms with E-state index in [1.807, 2.05) is 13.8 Å². The zero-order valence-electron chi connectivity index (χ0n) is 11.8. The van der Waals surface area contributed by atoms with Gasteiger partial charge in [0, 0.05) is 17.7 Å². The van der Waals surface area contributed by atoms with Crippen molar-refractivity contribution in [3.8, 4) is 0 Å². The second-order valence-electron chi connectivity index (χ2n) is 4.12. The van der Waals surface area contributed by atoms with Gasteiger partial charge in [0.25, 0.3) is 0 Å². The van der Waals surface area contributed by atoms with Crippen LogP contribution in [0.25, 0.3) is 0 Å². The Balaban J connectivity index is 1.74. The van der Waals surface area contributed by atoms with Gasteiger partial charge in [-0.05, 0) is 13.3 Å². The highest BCUT2D eigenvalue weighted by Crippen LogP contribution is 2.30. The van der Waals surface area contributed by atoms with Gasteiger partial charge in [0.05, 0.1) is 16.5 Å². The highest BCUT2D eigenvalue weighted by atomic mass is 32.2. The fourth-order valence-electron chi connectivity index (χ4n) is 1.37. The van der Waals surface area contributed by atoms with Gasteiger partial charge >= 0.3 is 0 Å². The Kier molecular flexibility index (Phi) is 6.94. The summed E-state index contributed by atoms with van der Waals surface area (Å²) in [6.07, 6.45) is 0.950. The molecule has 1 N–H and O–H groups in total. The van der Waals surface area contributed by atoms with Crippen molar-refractivity contribution in [2.75, 3.05) is 12.3 Å². The standard InChI is InChI=1S/C12H16N4OS4/c1-3-4-13-10(17)7-20-12-16-15-11(21-12)19-6-9-5-18-8(2)14-9/h5H,3-4,6-7H2,1-2H3,(H,13,17). The van der Waals surface area contributed by atoms with Crippen LogP contribution in [0.15, 0.2) is 14.1 Å². The van der Waals surface area contributed by atoms with Crippen LogP contribution in [0.5, 0.6) is 0 Å². The Morgan fingerprint density at radius 1 is 1.33 bits per heavy atom. The summed E-state index contributed by atoms with van der Waals surface area (Å²) in [7, 11) is 0. The summed E-state index contributed by atoms with van der Waals surface area (Å²) in [5.41, 5.74) is 1.07. The average Bonchev–Trinajstić information content (AvgIpc) is 3.09. The minimum Gasteiger partial charge on any atom is -0.355 e. The second kappa shape index (κ2) is 8.72. The smallest absolute Gasteiger partial charge is 0.230 e. The number of nitrogens with one attached hydrogen (secondary N) is 1. The Morgan fingerprint density at radius 2 is 2.10 bits per heavy atom. The van der Waals surface area contributed by atoms with E-state index in [-0.39, 0.29) is 5.91 Å². The predicted octanol–water partition coefficient (Wildman–Crippen LogP) is 3.21. The minimum absolute atomic E-state index is 0.0456. The van der Waals surface area contributed by atoms with Gasteiger partial charge in [-0.2, -0.15) is 0 Å². The quantitative estimate of drug-likeness (QED) is 0.729. The second-order valence-corrected chi connectivity index (χ2v) is 8.60. The molecule has 0 aliphatic carbocycles. The van der Waals surface area contributed by atoms with Gasteiger partial charge in [0.2, 0.25) is 5.91 Å². The monoisotopic (exact) mass is 360 g/mol. The summed E-state index contributed by atoms with van der Waals surface area (Å²) < 4.78 is 1.75. The summed E-state index contributed by atoms with van der Waals surface area (Å²) in [6, 6.07) is 0. The molecule has 0 bridgehead atoms. The topological polar surface area (TPSA) is 67.8 Å². The van der Waals surface area contributed by atoms with Crippen LogP contribution < -0.4 is 5.32 Å². The van der Waals surface area contributed by atoms with Crippen molar-refractivity contribution in [1.82, 2.24) is 20.5 Å². The molecule has 2 rings (SSSR count). The molecule has 1 amide bonds. The molecule has 0 atom stereocenters. The number of amides is 1. The molecule has 0 spiro atoms. The van der Waals surface area contributed by atoms with E-state index in [4.69, 9.17) is 0 Å². The zero-order chi connectivity index (χ0) is 15.1. The number of carbonyl (C=O) groups excluding carboxylic acids is 1. The van der Waals surface area contributed by atoms with Crippen LogP contribution in [0.3, 0.4) is 0 Å². The first kappa shape index (κ1) is 16.7. The van der Waals surface area contributed by atoms with E-state index in [9.17, 15) is 4.79 Å². The maximum absolute atomic E-state index is 11.5. The van der Waals surface area contributed by atoms with Crippen LogP contribution in [-0.4, -0.2) is 33.4 Å². The first-order chi connectivity index (χ1) is 10.2. The fraction of sp³-hybridized carbons (Fsp3) is 0.500. The molecule has 2 aromatic rings. The summed E-state index contributed by atoms with van der Waals surface area (Å²) in [6.45, 7) is 4.76. The highest BCUT2D eigenvalue weighted by molar-refractivity contribution is 8.03. The first-order valence-electron chi connectivity index (χ1n) is 6.44. The fourth-order valence-corrected chi connectivity index (χ4v) is 4.83. The lowest BCUT2D eigenvalue weighted by Crippen LogP contribution is -2.25. The Morgan fingerprint density at radius 3 is 2.76 bits per heavy atom. The first-order valence-corrected chi connectivity index (χ1v) is 10.1. The van der Waals surface area contributed by atoms with Crippen molar-refractivity contribution in [2.24, 2.45) is 0 Å². The lowest BCUT2D eigenvalue weighted by Gasteiger charge is -2.00. The number of rotatable bonds is 8. The number of thioether (sulfide) groups is 2. The molecular weight excluding hydrogens is 344 g/mol. The number of hydrogen-bond donors (Lipinski definition) is 1. The molecule has 0 aliphatic heterocycles. The largest absolute Gasteiger partial charge is 0.355 e. The van der Waals surface area contributed by atoms with Crippen molar-refractivity contribution in [1.29, 1.82) is 0 Å². The summed E-state index contributed by atoms with van der Waals surface area (Å²) >= 11 is 6.24. The predicted molar refractivity (Wildman–Crippen MR) is 90.3 cm³/mol. The van der Waals surface area contributed by atoms with Crippen molar-refractivity contribution >= 4 is 52.1 Å². The Hall–Kier alpha value is -0.640. The van der Waals surface area contributed by atoms with Crippen molar-refractivity contribution in [3.63, 3.8) is 0 Å². The summed E-state index contributed by atoms with van der Waals surface area (Å²) in [5.74, 6) is 1.25. The normalized spacial score (nSPS) is 10.8. The van der Waals surface area contributed by atoms with Crippen molar-refractivity contribution in [2.45, 2.75) is 34.7 Å². The molecule has 0 saturated heterocycles. The van der Waals surface area contributed by atoms with E-state index in [0.717, 1.165) is 38.1 Å². The van der Waals surface area contributed by atoms with Gasteiger partial charge in [-0.1, -0.05) is 41.8 Å². The summed E-state index contributed by atoms with van der Waals surface area (Å²) in [4.78, 5) is 15.9. The molecule has 2 heterocycles. The van der Waals surface area contributed by atoms with Gasteiger partial charge in [-0.3, -0.25) is 4.79 Å². The van der Waals surface area contributed by atoms with Crippen LogP contribution >= 0.6 is 46.2 Å². The molecule has 0 saturated carbocycles. The molecule has 9 heteroatoms. The molecule has 114 valence electrons. The van der Waals surface area contributed by atoms with Crippen LogP contribution in [0, 0.1) is 6.92 Å². The third kappa shape index (κ3) is 5.93. The molecule has 0 radical (unpaired) electrons. The number of thiazole rings is 1. The molecule has 0 fully saturated rings. The van der Waals surface area contributed by atoms with Gasteiger partial charge in [0.1, 0.15) is 0 Å². The zero-order valence-corrected chi connectivity index (χ0v) is 15.1. The van der Waals surface area contributed by atoms with E-state index < -0.39 is 0 Å². The van der Waals surface area contributed by atoms with E-state index in [1.165, 1.54) is 23.1 Å². The molecular formula is C12H16N4OS4. The number of hydrogen-bond acceptors (Lipinski definition) is 8. The summed E-state index contributed by atoms with van der Waals surface area (Å²) in [5, 5.41) is 14.2. The van der Waals surface area contributed by atoms with Gasteiger partial charge in [-0.25, -0.2) is 4.98 Å². The maximum Gasteiger partial charge on any atom is 0.230 e. The molecule has 21 heavy (non-hydrogen) atoms. The van der Waals surface area contributed by atoms with Crippen LogP contribution in [0.4, 0.5) is 0 Å². The number of aryl methyl sites for hydroxylation is 1. The third-order valence-electron chi connectivity index (χ3n) is 2.30. The third-order valence-corrected chi connectivity index (χ3v) is 6.34. The van der Waals surface area contributed by atoms with Gasteiger partial charge < -0.3 is 5.32 Å². The maximum atomic E-state index is 11.5. The number of carbonyl (C=O) groups is 1. The van der Waals surface area contributed by atoms with Crippen LogP contribution in [-0.2, 0) is 10.5 Å². The average molecular weight is 361 g/mol.